The lowest BCUT2D eigenvalue weighted by Crippen LogP contribution is -2.21. The van der Waals surface area contributed by atoms with Gasteiger partial charge in [0.25, 0.3) is 0 Å². The number of fused-ring (bicyclic) bond motifs is 1. The molecule has 3 rings (SSSR count). The number of nitrogens with one attached hydrogen (secondary N) is 1. The Balaban J connectivity index is 2.19. The third kappa shape index (κ3) is 4.39. The molecule has 0 saturated carbocycles. The van der Waals surface area contributed by atoms with E-state index in [9.17, 15) is 9.59 Å². The van der Waals surface area contributed by atoms with E-state index in [-0.39, 0.29) is 17.4 Å². The predicted octanol–water partition coefficient (Wildman–Crippen LogP) is 3.89. The van der Waals surface area contributed by atoms with Gasteiger partial charge in [0.2, 0.25) is 0 Å². The second kappa shape index (κ2) is 8.23. The Kier molecular flexibility index (Phi) is 5.97. The molecule has 2 aromatic carbocycles. The van der Waals surface area contributed by atoms with Crippen molar-refractivity contribution in [2.45, 2.75) is 33.1 Å². The SMILES string of the molecule is CC(=O)Oc1cc2c(c(Br)c1OC(C)=O)CCNCC2c1cccc(C)c1. The molecule has 1 atom stereocenters. The van der Waals surface area contributed by atoms with Crippen LogP contribution in [0.1, 0.15) is 42.0 Å². The number of benzene rings is 2. The summed E-state index contributed by atoms with van der Waals surface area (Å²) in [6.07, 6.45) is 0.771. The highest BCUT2D eigenvalue weighted by Gasteiger charge is 2.27. The minimum atomic E-state index is -0.467. The maximum Gasteiger partial charge on any atom is 0.308 e. The monoisotopic (exact) mass is 431 g/mol. The Labute approximate surface area is 167 Å². The average Bonchev–Trinajstić information content (AvgIpc) is 2.80. The smallest absolute Gasteiger partial charge is 0.308 e. The number of halogens is 1. The first-order chi connectivity index (χ1) is 12.9. The van der Waals surface area contributed by atoms with Crippen molar-refractivity contribution in [1.82, 2.24) is 5.32 Å². The Bertz CT molecular complexity index is 894. The fourth-order valence-electron chi connectivity index (χ4n) is 3.45. The molecule has 0 aromatic heterocycles. The Morgan fingerprint density at radius 1 is 1.15 bits per heavy atom. The molecule has 0 aliphatic carbocycles. The fraction of sp³-hybridized carbons (Fsp3) is 0.333. The summed E-state index contributed by atoms with van der Waals surface area (Å²) in [5.74, 6) is -0.330. The minimum Gasteiger partial charge on any atom is -0.423 e. The van der Waals surface area contributed by atoms with Crippen LogP contribution < -0.4 is 14.8 Å². The maximum atomic E-state index is 11.6. The number of carbonyl (C=O) groups excluding carboxylic acids is 2. The highest BCUT2D eigenvalue weighted by atomic mass is 79.9. The van der Waals surface area contributed by atoms with Crippen LogP contribution in [0, 0.1) is 6.92 Å². The van der Waals surface area contributed by atoms with Crippen molar-refractivity contribution in [3.8, 4) is 11.5 Å². The zero-order chi connectivity index (χ0) is 19.6. The van der Waals surface area contributed by atoms with Gasteiger partial charge in [0.1, 0.15) is 0 Å². The number of rotatable bonds is 3. The molecule has 1 aliphatic rings. The standard InChI is InChI=1S/C21H22BrNO4/c1-12-5-4-6-15(9-12)18-11-23-8-7-16-17(18)10-19(26-13(2)24)21(20(16)22)27-14(3)25/h4-6,9-10,18,23H,7-8,11H2,1-3H3. The average molecular weight is 432 g/mol. The molecule has 1 aliphatic heterocycles. The summed E-state index contributed by atoms with van der Waals surface area (Å²) in [7, 11) is 0. The molecular formula is C21H22BrNO4. The Morgan fingerprint density at radius 2 is 1.89 bits per heavy atom. The highest BCUT2D eigenvalue weighted by molar-refractivity contribution is 9.10. The van der Waals surface area contributed by atoms with E-state index in [2.05, 4.69) is 46.4 Å². The number of hydrogen-bond acceptors (Lipinski definition) is 5. The summed E-state index contributed by atoms with van der Waals surface area (Å²) < 4.78 is 11.4. The Hall–Kier alpha value is -2.18. The first kappa shape index (κ1) is 19.6. The van der Waals surface area contributed by atoms with Crippen LogP contribution >= 0.6 is 15.9 Å². The lowest BCUT2D eigenvalue weighted by Gasteiger charge is -2.22. The molecule has 1 heterocycles. The second-order valence-electron chi connectivity index (χ2n) is 6.69. The van der Waals surface area contributed by atoms with Gasteiger partial charge in [-0.25, -0.2) is 0 Å². The summed E-state index contributed by atoms with van der Waals surface area (Å²) >= 11 is 3.59. The lowest BCUT2D eigenvalue weighted by molar-refractivity contribution is -0.134. The van der Waals surface area contributed by atoms with Gasteiger partial charge < -0.3 is 14.8 Å². The minimum absolute atomic E-state index is 0.0967. The zero-order valence-electron chi connectivity index (χ0n) is 15.6. The van der Waals surface area contributed by atoms with E-state index < -0.39 is 11.9 Å². The van der Waals surface area contributed by atoms with Gasteiger partial charge in [-0.05, 0) is 58.6 Å². The number of aryl methyl sites for hydroxylation is 1. The molecule has 1 N–H and O–H groups in total. The molecule has 0 spiro atoms. The van der Waals surface area contributed by atoms with E-state index in [1.54, 1.807) is 0 Å². The predicted molar refractivity (Wildman–Crippen MR) is 106 cm³/mol. The first-order valence-electron chi connectivity index (χ1n) is 8.86. The van der Waals surface area contributed by atoms with E-state index in [1.807, 2.05) is 12.1 Å². The van der Waals surface area contributed by atoms with E-state index in [0.29, 0.717) is 4.47 Å². The molecule has 0 saturated heterocycles. The van der Waals surface area contributed by atoms with Crippen molar-refractivity contribution in [3.63, 3.8) is 0 Å². The van der Waals surface area contributed by atoms with Crippen LogP contribution in [-0.2, 0) is 16.0 Å². The summed E-state index contributed by atoms with van der Waals surface area (Å²) in [6.45, 7) is 6.30. The fourth-order valence-corrected chi connectivity index (χ4v) is 4.16. The third-order valence-corrected chi connectivity index (χ3v) is 5.38. The van der Waals surface area contributed by atoms with Crippen LogP contribution in [0.25, 0.3) is 0 Å². The van der Waals surface area contributed by atoms with E-state index in [0.717, 1.165) is 30.6 Å². The van der Waals surface area contributed by atoms with Crippen LogP contribution in [0.4, 0.5) is 0 Å². The van der Waals surface area contributed by atoms with Crippen molar-refractivity contribution in [2.24, 2.45) is 0 Å². The van der Waals surface area contributed by atoms with Crippen molar-refractivity contribution < 1.29 is 19.1 Å². The van der Waals surface area contributed by atoms with Gasteiger partial charge in [0.05, 0.1) is 4.47 Å². The number of esters is 2. The quantitative estimate of drug-likeness (QED) is 0.589. The molecule has 0 amide bonds. The molecule has 5 nitrogen and oxygen atoms in total. The summed E-state index contributed by atoms with van der Waals surface area (Å²) in [5.41, 5.74) is 4.49. The molecule has 27 heavy (non-hydrogen) atoms. The molecule has 6 heteroatoms. The highest BCUT2D eigenvalue weighted by Crippen LogP contribution is 2.44. The zero-order valence-corrected chi connectivity index (χ0v) is 17.2. The van der Waals surface area contributed by atoms with Crippen LogP contribution in [0.5, 0.6) is 11.5 Å². The molecule has 1 unspecified atom stereocenters. The van der Waals surface area contributed by atoms with Gasteiger partial charge in [-0.3, -0.25) is 9.59 Å². The molecule has 142 valence electrons. The largest absolute Gasteiger partial charge is 0.423 e. The first-order valence-corrected chi connectivity index (χ1v) is 9.65. The van der Waals surface area contributed by atoms with Crippen LogP contribution in [0.3, 0.4) is 0 Å². The Morgan fingerprint density at radius 3 is 2.56 bits per heavy atom. The summed E-state index contributed by atoms with van der Waals surface area (Å²) in [5, 5.41) is 3.47. The van der Waals surface area contributed by atoms with Gasteiger partial charge in [-0.1, -0.05) is 29.8 Å². The number of carbonyl (C=O) groups is 2. The maximum absolute atomic E-state index is 11.6. The normalized spacial score (nSPS) is 16.2. The van der Waals surface area contributed by atoms with Crippen molar-refractivity contribution in [3.05, 3.63) is 57.1 Å². The topological polar surface area (TPSA) is 64.6 Å². The van der Waals surface area contributed by atoms with E-state index in [1.165, 1.54) is 25.0 Å². The van der Waals surface area contributed by atoms with E-state index >= 15 is 0 Å². The molecule has 0 bridgehead atoms. The van der Waals surface area contributed by atoms with Gasteiger partial charge in [0, 0.05) is 26.3 Å². The molecule has 0 fully saturated rings. The number of ether oxygens (including phenoxy) is 2. The van der Waals surface area contributed by atoms with Crippen LogP contribution in [0.2, 0.25) is 0 Å². The summed E-state index contributed by atoms with van der Waals surface area (Å²) in [6, 6.07) is 10.2. The molecule has 2 aromatic rings. The molecule has 0 radical (unpaired) electrons. The van der Waals surface area contributed by atoms with Crippen LogP contribution in [0.15, 0.2) is 34.8 Å². The van der Waals surface area contributed by atoms with Crippen molar-refractivity contribution >= 4 is 27.9 Å². The second-order valence-corrected chi connectivity index (χ2v) is 7.49. The van der Waals surface area contributed by atoms with Crippen LogP contribution in [-0.4, -0.2) is 25.0 Å². The van der Waals surface area contributed by atoms with Crippen molar-refractivity contribution in [1.29, 1.82) is 0 Å². The van der Waals surface area contributed by atoms with Gasteiger partial charge in [-0.2, -0.15) is 0 Å². The lowest BCUT2D eigenvalue weighted by atomic mass is 9.87. The summed E-state index contributed by atoms with van der Waals surface area (Å²) in [4.78, 5) is 23.2. The van der Waals surface area contributed by atoms with E-state index in [4.69, 9.17) is 9.47 Å². The third-order valence-electron chi connectivity index (χ3n) is 4.54. The molecular weight excluding hydrogens is 410 g/mol. The van der Waals surface area contributed by atoms with Gasteiger partial charge in [-0.15, -0.1) is 0 Å². The van der Waals surface area contributed by atoms with Crippen molar-refractivity contribution in [2.75, 3.05) is 13.1 Å². The van der Waals surface area contributed by atoms with Gasteiger partial charge >= 0.3 is 11.9 Å². The van der Waals surface area contributed by atoms with Gasteiger partial charge in [0.15, 0.2) is 11.5 Å². The number of hydrogen-bond donors (Lipinski definition) is 1.